The summed E-state index contributed by atoms with van der Waals surface area (Å²) < 4.78 is 5.47. The Bertz CT molecular complexity index is 1140. The van der Waals surface area contributed by atoms with Crippen LogP contribution in [0.25, 0.3) is 11.0 Å². The number of aromatic nitrogens is 2. The zero-order chi connectivity index (χ0) is 20.5. The highest BCUT2D eigenvalue weighted by atomic mass is 32.2. The molecule has 3 amide bonds. The third-order valence-electron chi connectivity index (χ3n) is 4.46. The van der Waals surface area contributed by atoms with E-state index >= 15 is 0 Å². The number of thioether (sulfide) groups is 1. The summed E-state index contributed by atoms with van der Waals surface area (Å²) in [6.45, 7) is 2.50. The number of fused-ring (bicyclic) bond motifs is 2. The Balaban J connectivity index is 1.40. The molecular formula is C20H18N4O4S. The van der Waals surface area contributed by atoms with Gasteiger partial charge in [0.25, 0.3) is 11.8 Å². The molecule has 0 bridgehead atoms. The molecule has 2 N–H and O–H groups in total. The lowest BCUT2D eigenvalue weighted by molar-refractivity contribution is -0.113. The molecule has 0 radical (unpaired) electrons. The number of hydrogen-bond donors (Lipinski definition) is 2. The molecule has 0 saturated carbocycles. The molecule has 1 aliphatic rings. The summed E-state index contributed by atoms with van der Waals surface area (Å²) in [6.07, 6.45) is 0. The van der Waals surface area contributed by atoms with Crippen LogP contribution in [0, 0.1) is 0 Å². The Hall–Kier alpha value is -3.33. The fourth-order valence-corrected chi connectivity index (χ4v) is 3.75. The summed E-state index contributed by atoms with van der Waals surface area (Å²) in [5.41, 5.74) is 2.74. The first-order valence-corrected chi connectivity index (χ1v) is 9.96. The molecule has 1 aromatic heterocycles. The van der Waals surface area contributed by atoms with Crippen molar-refractivity contribution in [3.63, 3.8) is 0 Å². The fraction of sp³-hybridized carbons (Fsp3) is 0.200. The molecule has 8 nitrogen and oxygen atoms in total. The number of amides is 3. The topological polar surface area (TPSA) is 104 Å². The number of nitrogens with zero attached hydrogens (tertiary/aromatic N) is 2. The molecule has 4 rings (SSSR count). The molecule has 3 aromatic rings. The van der Waals surface area contributed by atoms with E-state index in [2.05, 4.69) is 15.3 Å². The number of ether oxygens (including phenoxy) is 1. The second-order valence-electron chi connectivity index (χ2n) is 6.42. The summed E-state index contributed by atoms with van der Waals surface area (Å²) in [5.74, 6) is -0.0501. The Morgan fingerprint density at radius 2 is 1.97 bits per heavy atom. The van der Waals surface area contributed by atoms with E-state index in [1.807, 2.05) is 25.1 Å². The van der Waals surface area contributed by atoms with Crippen molar-refractivity contribution < 1.29 is 19.1 Å². The monoisotopic (exact) mass is 410 g/mol. The summed E-state index contributed by atoms with van der Waals surface area (Å²) in [6, 6.07) is 10.3. The zero-order valence-corrected chi connectivity index (χ0v) is 16.6. The molecule has 9 heteroatoms. The van der Waals surface area contributed by atoms with Crippen LogP contribution < -0.4 is 10.1 Å². The van der Waals surface area contributed by atoms with Gasteiger partial charge in [-0.2, -0.15) is 0 Å². The predicted octanol–water partition coefficient (Wildman–Crippen LogP) is 2.92. The van der Waals surface area contributed by atoms with Gasteiger partial charge in [0.1, 0.15) is 5.75 Å². The Labute approximate surface area is 170 Å². The van der Waals surface area contributed by atoms with Crippen LogP contribution in [0.15, 0.2) is 41.6 Å². The number of hydrogen-bond acceptors (Lipinski definition) is 6. The number of imide groups is 1. The van der Waals surface area contributed by atoms with Gasteiger partial charge in [0.2, 0.25) is 5.91 Å². The van der Waals surface area contributed by atoms with E-state index < -0.39 is 0 Å². The molecule has 0 fully saturated rings. The van der Waals surface area contributed by atoms with Gasteiger partial charge in [-0.25, -0.2) is 4.98 Å². The van der Waals surface area contributed by atoms with E-state index in [-0.39, 0.29) is 23.5 Å². The first kappa shape index (κ1) is 19.0. The van der Waals surface area contributed by atoms with Crippen molar-refractivity contribution in [3.8, 4) is 5.75 Å². The second kappa shape index (κ2) is 7.59. The van der Waals surface area contributed by atoms with Crippen LogP contribution in [-0.2, 0) is 4.79 Å². The molecule has 2 heterocycles. The highest BCUT2D eigenvalue weighted by Crippen LogP contribution is 2.26. The smallest absolute Gasteiger partial charge is 0.261 e. The lowest BCUT2D eigenvalue weighted by atomic mass is 10.1. The number of imidazole rings is 1. The van der Waals surface area contributed by atoms with Crippen LogP contribution in [0.1, 0.15) is 27.6 Å². The predicted molar refractivity (Wildman–Crippen MR) is 109 cm³/mol. The van der Waals surface area contributed by atoms with E-state index in [1.165, 1.54) is 24.9 Å². The minimum absolute atomic E-state index is 0.141. The maximum Gasteiger partial charge on any atom is 0.261 e. The van der Waals surface area contributed by atoms with Gasteiger partial charge in [0.05, 0.1) is 34.5 Å². The first-order chi connectivity index (χ1) is 14.0. The van der Waals surface area contributed by atoms with Crippen molar-refractivity contribution >= 4 is 46.2 Å². The molecule has 2 aromatic carbocycles. The second-order valence-corrected chi connectivity index (χ2v) is 7.38. The number of carbonyl (C=O) groups excluding carboxylic acids is 3. The van der Waals surface area contributed by atoms with Crippen LogP contribution in [0.3, 0.4) is 0 Å². The molecular weight excluding hydrogens is 392 g/mol. The Kier molecular flexibility index (Phi) is 4.98. The maximum atomic E-state index is 12.3. The van der Waals surface area contributed by atoms with Gasteiger partial charge >= 0.3 is 0 Å². The van der Waals surface area contributed by atoms with E-state index in [0.29, 0.717) is 28.6 Å². The highest BCUT2D eigenvalue weighted by molar-refractivity contribution is 7.99. The number of rotatable bonds is 6. The van der Waals surface area contributed by atoms with Crippen LogP contribution >= 0.6 is 11.8 Å². The van der Waals surface area contributed by atoms with Crippen LogP contribution in [0.4, 0.5) is 5.69 Å². The Morgan fingerprint density at radius 3 is 2.76 bits per heavy atom. The molecule has 0 unspecified atom stereocenters. The summed E-state index contributed by atoms with van der Waals surface area (Å²) in [4.78, 5) is 45.0. The SMILES string of the molecule is CCOc1ccc2nc(SCC(=O)Nc3ccc4c(c3)C(=O)N(C)C4=O)[nH]c2c1. The van der Waals surface area contributed by atoms with Crippen molar-refractivity contribution in [3.05, 3.63) is 47.5 Å². The van der Waals surface area contributed by atoms with Crippen LogP contribution in [-0.4, -0.2) is 52.0 Å². The van der Waals surface area contributed by atoms with E-state index in [9.17, 15) is 14.4 Å². The van der Waals surface area contributed by atoms with E-state index in [4.69, 9.17) is 4.74 Å². The van der Waals surface area contributed by atoms with Gasteiger partial charge in [0, 0.05) is 18.8 Å². The molecule has 0 spiro atoms. The van der Waals surface area contributed by atoms with Crippen molar-refractivity contribution in [2.75, 3.05) is 24.7 Å². The summed E-state index contributed by atoms with van der Waals surface area (Å²) in [7, 11) is 1.43. The summed E-state index contributed by atoms with van der Waals surface area (Å²) >= 11 is 1.27. The average Bonchev–Trinajstić information content (AvgIpc) is 3.21. The van der Waals surface area contributed by atoms with Gasteiger partial charge in [-0.15, -0.1) is 0 Å². The molecule has 29 heavy (non-hydrogen) atoms. The maximum absolute atomic E-state index is 12.3. The zero-order valence-electron chi connectivity index (χ0n) is 15.8. The van der Waals surface area contributed by atoms with Gasteiger partial charge in [-0.3, -0.25) is 19.3 Å². The van der Waals surface area contributed by atoms with Crippen molar-refractivity contribution in [1.82, 2.24) is 14.9 Å². The molecule has 0 atom stereocenters. The standard InChI is InChI=1S/C20H18N4O4S/c1-3-28-12-5-7-15-16(9-12)23-20(22-15)29-10-17(25)21-11-4-6-13-14(8-11)19(27)24(2)18(13)26/h4-9H,3,10H2,1-2H3,(H,21,25)(H,22,23). The number of anilines is 1. The van der Waals surface area contributed by atoms with Gasteiger partial charge in [-0.1, -0.05) is 11.8 Å². The van der Waals surface area contributed by atoms with E-state index in [1.54, 1.807) is 12.1 Å². The van der Waals surface area contributed by atoms with Crippen molar-refractivity contribution in [2.24, 2.45) is 0 Å². The number of aromatic amines is 1. The van der Waals surface area contributed by atoms with Gasteiger partial charge in [0.15, 0.2) is 5.16 Å². The average molecular weight is 410 g/mol. The Morgan fingerprint density at radius 1 is 1.17 bits per heavy atom. The number of H-pyrrole nitrogens is 1. The number of nitrogens with one attached hydrogen (secondary N) is 2. The fourth-order valence-electron chi connectivity index (χ4n) is 3.06. The molecule has 0 saturated heterocycles. The number of carbonyl (C=O) groups is 3. The van der Waals surface area contributed by atoms with Gasteiger partial charge < -0.3 is 15.0 Å². The lowest BCUT2D eigenvalue weighted by Gasteiger charge is -2.05. The minimum atomic E-state index is -0.371. The highest BCUT2D eigenvalue weighted by Gasteiger charge is 2.32. The third-order valence-corrected chi connectivity index (χ3v) is 5.33. The van der Waals surface area contributed by atoms with Crippen LogP contribution in [0.5, 0.6) is 5.75 Å². The van der Waals surface area contributed by atoms with E-state index in [0.717, 1.165) is 21.7 Å². The van der Waals surface area contributed by atoms with Crippen LogP contribution in [0.2, 0.25) is 0 Å². The quantitative estimate of drug-likeness (QED) is 0.478. The van der Waals surface area contributed by atoms with Gasteiger partial charge in [-0.05, 0) is 37.3 Å². The minimum Gasteiger partial charge on any atom is -0.494 e. The number of benzene rings is 2. The lowest BCUT2D eigenvalue weighted by Crippen LogP contribution is -2.24. The van der Waals surface area contributed by atoms with Crippen molar-refractivity contribution in [2.45, 2.75) is 12.1 Å². The molecule has 148 valence electrons. The summed E-state index contributed by atoms with van der Waals surface area (Å²) in [5, 5.41) is 3.37. The van der Waals surface area contributed by atoms with Crippen molar-refractivity contribution in [1.29, 1.82) is 0 Å². The largest absolute Gasteiger partial charge is 0.494 e. The third kappa shape index (κ3) is 3.68. The first-order valence-electron chi connectivity index (χ1n) is 8.98. The molecule has 0 aliphatic carbocycles. The normalized spacial score (nSPS) is 13.1. The molecule has 1 aliphatic heterocycles.